The van der Waals surface area contributed by atoms with Crippen LogP contribution >= 0.6 is 0 Å². The maximum atomic E-state index is 12.7. The summed E-state index contributed by atoms with van der Waals surface area (Å²) in [7, 11) is 0. The molecule has 1 aliphatic heterocycles. The van der Waals surface area contributed by atoms with Gasteiger partial charge in [0.05, 0.1) is 11.3 Å². The molecule has 4 rings (SSSR count). The molecule has 0 aliphatic carbocycles. The lowest BCUT2D eigenvalue weighted by molar-refractivity contribution is -0.141. The monoisotopic (exact) mass is 431 g/mol. The fourth-order valence-electron chi connectivity index (χ4n) is 3.38. The molecule has 3 aromatic heterocycles. The van der Waals surface area contributed by atoms with E-state index in [9.17, 15) is 18.0 Å². The molecule has 162 valence electrons. The number of hydrogen-bond acceptors (Lipinski definition) is 6. The Hall–Kier alpha value is -3.50. The minimum atomic E-state index is -4.53. The fourth-order valence-corrected chi connectivity index (χ4v) is 3.38. The molecule has 0 saturated carbocycles. The first kappa shape index (κ1) is 20.8. The van der Waals surface area contributed by atoms with E-state index in [2.05, 4.69) is 19.9 Å². The summed E-state index contributed by atoms with van der Waals surface area (Å²) in [5.41, 5.74) is 1.03. The van der Waals surface area contributed by atoms with Crippen molar-refractivity contribution in [2.24, 2.45) is 0 Å². The summed E-state index contributed by atoms with van der Waals surface area (Å²) in [6.07, 6.45) is -0.350. The third kappa shape index (κ3) is 4.21. The average Bonchev–Trinajstić information content (AvgIpc) is 3.11. The lowest BCUT2D eigenvalue weighted by Gasteiger charge is -2.35. The number of rotatable bonds is 3. The molecule has 0 bridgehead atoms. The van der Waals surface area contributed by atoms with E-state index in [0.29, 0.717) is 32.0 Å². The number of pyridine rings is 1. The zero-order valence-electron chi connectivity index (χ0n) is 17.0. The van der Waals surface area contributed by atoms with Gasteiger partial charge in [-0.1, -0.05) is 0 Å². The van der Waals surface area contributed by atoms with Gasteiger partial charge in [0.1, 0.15) is 30.0 Å². The van der Waals surface area contributed by atoms with E-state index in [-0.39, 0.29) is 11.5 Å². The molecule has 1 saturated heterocycles. The van der Waals surface area contributed by atoms with Gasteiger partial charge in [-0.3, -0.25) is 14.3 Å². The first-order chi connectivity index (χ1) is 14.7. The number of anilines is 1. The molecule has 1 fully saturated rings. The second kappa shape index (κ2) is 7.97. The van der Waals surface area contributed by atoms with Crippen LogP contribution in [0.3, 0.4) is 0 Å². The van der Waals surface area contributed by atoms with Gasteiger partial charge in [0, 0.05) is 44.1 Å². The van der Waals surface area contributed by atoms with Gasteiger partial charge < -0.3 is 9.80 Å². The molecule has 0 aromatic carbocycles. The van der Waals surface area contributed by atoms with Crippen LogP contribution in [0, 0.1) is 13.8 Å². The summed E-state index contributed by atoms with van der Waals surface area (Å²) in [5.74, 6) is 1.10. The maximum absolute atomic E-state index is 12.7. The number of aryl methyl sites for hydroxylation is 1. The standard InChI is InChI=1S/C20H20F3N7O/c1-13-14(2)30(12-27-13)18-9-17(25-11-26-18)28-5-7-29(8-6-28)19(31)15-3-4-16(24-10-15)20(21,22)23/h3-4,9-12H,5-8H2,1-2H3. The average molecular weight is 431 g/mol. The Balaban J connectivity index is 1.42. The van der Waals surface area contributed by atoms with E-state index in [1.807, 2.05) is 29.4 Å². The zero-order chi connectivity index (χ0) is 22.2. The molecule has 1 aliphatic rings. The van der Waals surface area contributed by atoms with Gasteiger partial charge in [-0.15, -0.1) is 0 Å². The van der Waals surface area contributed by atoms with Gasteiger partial charge in [-0.2, -0.15) is 13.2 Å². The lowest BCUT2D eigenvalue weighted by Crippen LogP contribution is -2.49. The van der Waals surface area contributed by atoms with Crippen LogP contribution < -0.4 is 4.90 Å². The molecule has 8 nitrogen and oxygen atoms in total. The predicted molar refractivity (Wildman–Crippen MR) is 106 cm³/mol. The third-order valence-corrected chi connectivity index (χ3v) is 5.33. The smallest absolute Gasteiger partial charge is 0.353 e. The Bertz CT molecular complexity index is 1090. The number of piperazine rings is 1. The zero-order valence-corrected chi connectivity index (χ0v) is 17.0. The Labute approximate surface area is 176 Å². The molecule has 1 amide bonds. The summed E-state index contributed by atoms with van der Waals surface area (Å²) < 4.78 is 39.9. The van der Waals surface area contributed by atoms with Crippen LogP contribution in [0.25, 0.3) is 5.82 Å². The number of hydrogen-bond donors (Lipinski definition) is 0. The van der Waals surface area contributed by atoms with Gasteiger partial charge >= 0.3 is 6.18 Å². The van der Waals surface area contributed by atoms with Crippen LogP contribution in [0.15, 0.2) is 37.1 Å². The Morgan fingerprint density at radius 3 is 2.26 bits per heavy atom. The quantitative estimate of drug-likeness (QED) is 0.635. The van der Waals surface area contributed by atoms with E-state index < -0.39 is 11.9 Å². The molecular formula is C20H20F3N7O. The van der Waals surface area contributed by atoms with Crippen LogP contribution in [0.5, 0.6) is 0 Å². The van der Waals surface area contributed by atoms with E-state index in [1.165, 1.54) is 6.33 Å². The minimum absolute atomic E-state index is 0.136. The molecule has 0 N–H and O–H groups in total. The van der Waals surface area contributed by atoms with E-state index in [4.69, 9.17) is 0 Å². The van der Waals surface area contributed by atoms with E-state index in [1.54, 1.807) is 11.2 Å². The van der Waals surface area contributed by atoms with Crippen LogP contribution in [0.2, 0.25) is 0 Å². The Morgan fingerprint density at radius 1 is 0.968 bits per heavy atom. The molecule has 0 spiro atoms. The number of carbonyl (C=O) groups excluding carboxylic acids is 1. The normalized spacial score (nSPS) is 14.7. The van der Waals surface area contributed by atoms with Crippen molar-refractivity contribution >= 4 is 11.7 Å². The maximum Gasteiger partial charge on any atom is 0.433 e. The second-order valence-corrected chi connectivity index (χ2v) is 7.23. The fraction of sp³-hybridized carbons (Fsp3) is 0.350. The summed E-state index contributed by atoms with van der Waals surface area (Å²) in [6, 6.07) is 3.85. The predicted octanol–water partition coefficient (Wildman–Crippen LogP) is 2.66. The van der Waals surface area contributed by atoms with Crippen molar-refractivity contribution in [3.05, 3.63) is 59.7 Å². The number of halogens is 3. The summed E-state index contributed by atoms with van der Waals surface area (Å²) >= 11 is 0. The topological polar surface area (TPSA) is 80.0 Å². The number of carbonyl (C=O) groups is 1. The highest BCUT2D eigenvalue weighted by atomic mass is 19.4. The molecule has 3 aromatic rings. The van der Waals surface area contributed by atoms with Crippen molar-refractivity contribution in [1.82, 2.24) is 29.4 Å². The molecule has 0 radical (unpaired) electrons. The SMILES string of the molecule is Cc1ncn(-c2cc(N3CCN(C(=O)c4ccc(C(F)(F)F)nc4)CC3)ncn2)c1C. The number of imidazole rings is 1. The summed E-state index contributed by atoms with van der Waals surface area (Å²) in [5, 5.41) is 0. The molecule has 11 heteroatoms. The third-order valence-electron chi connectivity index (χ3n) is 5.33. The first-order valence-electron chi connectivity index (χ1n) is 9.64. The highest BCUT2D eigenvalue weighted by Gasteiger charge is 2.32. The van der Waals surface area contributed by atoms with Gasteiger partial charge in [0.25, 0.3) is 5.91 Å². The molecule has 0 unspecified atom stereocenters. The highest BCUT2D eigenvalue weighted by molar-refractivity contribution is 5.94. The molecule has 31 heavy (non-hydrogen) atoms. The Kier molecular flexibility index (Phi) is 5.34. The van der Waals surface area contributed by atoms with Gasteiger partial charge in [0.15, 0.2) is 0 Å². The second-order valence-electron chi connectivity index (χ2n) is 7.23. The summed E-state index contributed by atoms with van der Waals surface area (Å²) in [6.45, 7) is 5.81. The number of amides is 1. The van der Waals surface area contributed by atoms with Crippen molar-refractivity contribution in [3.63, 3.8) is 0 Å². The van der Waals surface area contributed by atoms with Crippen molar-refractivity contribution in [2.75, 3.05) is 31.1 Å². The van der Waals surface area contributed by atoms with Crippen molar-refractivity contribution in [2.45, 2.75) is 20.0 Å². The Morgan fingerprint density at radius 2 is 1.68 bits per heavy atom. The number of alkyl halides is 3. The lowest BCUT2D eigenvalue weighted by atomic mass is 10.2. The minimum Gasteiger partial charge on any atom is -0.353 e. The van der Waals surface area contributed by atoms with Gasteiger partial charge in [-0.25, -0.2) is 15.0 Å². The van der Waals surface area contributed by atoms with Crippen molar-refractivity contribution < 1.29 is 18.0 Å². The first-order valence-corrected chi connectivity index (χ1v) is 9.64. The van der Waals surface area contributed by atoms with Crippen LogP contribution in [-0.4, -0.2) is 61.5 Å². The number of nitrogens with zero attached hydrogens (tertiary/aromatic N) is 7. The van der Waals surface area contributed by atoms with Crippen molar-refractivity contribution in [3.8, 4) is 5.82 Å². The van der Waals surface area contributed by atoms with Crippen LogP contribution in [0.4, 0.5) is 19.0 Å². The van der Waals surface area contributed by atoms with Crippen molar-refractivity contribution in [1.29, 1.82) is 0 Å². The summed E-state index contributed by atoms with van der Waals surface area (Å²) in [4.78, 5) is 32.6. The van der Waals surface area contributed by atoms with Gasteiger partial charge in [0.2, 0.25) is 0 Å². The number of aromatic nitrogens is 5. The van der Waals surface area contributed by atoms with Crippen LogP contribution in [-0.2, 0) is 6.18 Å². The molecule has 4 heterocycles. The van der Waals surface area contributed by atoms with Crippen LogP contribution in [0.1, 0.15) is 27.4 Å². The highest BCUT2D eigenvalue weighted by Crippen LogP contribution is 2.27. The van der Waals surface area contributed by atoms with E-state index >= 15 is 0 Å². The molecule has 0 atom stereocenters. The van der Waals surface area contributed by atoms with E-state index in [0.717, 1.165) is 35.5 Å². The van der Waals surface area contributed by atoms with Gasteiger partial charge in [-0.05, 0) is 26.0 Å². The largest absolute Gasteiger partial charge is 0.433 e. The molecular weight excluding hydrogens is 411 g/mol.